The number of carbonyl (C=O) groups is 2. The Hall–Kier alpha value is -2.79. The van der Waals surface area contributed by atoms with Gasteiger partial charge < -0.3 is 14.6 Å². The van der Waals surface area contributed by atoms with Crippen molar-refractivity contribution in [2.45, 2.75) is 18.8 Å². The highest BCUT2D eigenvalue weighted by Gasteiger charge is 2.25. The molecule has 1 aliphatic heterocycles. The minimum absolute atomic E-state index is 0.0231. The summed E-state index contributed by atoms with van der Waals surface area (Å²) >= 11 is 6.07. The summed E-state index contributed by atoms with van der Waals surface area (Å²) in [4.78, 5) is 23.4. The number of carboxylic acid groups (broad SMARTS) is 1. The summed E-state index contributed by atoms with van der Waals surface area (Å²) < 4.78 is 10.8. The van der Waals surface area contributed by atoms with Crippen LogP contribution in [0.1, 0.15) is 40.2 Å². The molecule has 5 nitrogen and oxygen atoms in total. The predicted molar refractivity (Wildman–Crippen MR) is 95.9 cm³/mol. The molecule has 0 fully saturated rings. The molecule has 0 saturated carbocycles. The number of aromatic carboxylic acids is 1. The fourth-order valence-corrected chi connectivity index (χ4v) is 3.65. The monoisotopic (exact) mass is 370 g/mol. The molecule has 1 aliphatic carbocycles. The number of fused-ring (bicyclic) bond motifs is 1. The van der Waals surface area contributed by atoms with Gasteiger partial charge in [0.25, 0.3) is 0 Å². The minimum atomic E-state index is -1.08. The van der Waals surface area contributed by atoms with E-state index in [0.717, 1.165) is 16.7 Å². The lowest BCUT2D eigenvalue weighted by molar-refractivity contribution is -0.115. The van der Waals surface area contributed by atoms with E-state index in [0.29, 0.717) is 24.3 Å². The van der Waals surface area contributed by atoms with Gasteiger partial charge in [0.1, 0.15) is 0 Å². The first kappa shape index (κ1) is 16.7. The quantitative estimate of drug-likeness (QED) is 0.872. The van der Waals surface area contributed by atoms with Gasteiger partial charge in [-0.2, -0.15) is 0 Å². The molecule has 1 atom stereocenters. The smallest absolute Gasteiger partial charge is 0.337 e. The van der Waals surface area contributed by atoms with Gasteiger partial charge >= 0.3 is 5.97 Å². The van der Waals surface area contributed by atoms with Crippen LogP contribution in [0.4, 0.5) is 0 Å². The van der Waals surface area contributed by atoms with Crippen molar-refractivity contribution in [2.75, 3.05) is 6.79 Å². The first-order chi connectivity index (χ1) is 12.5. The van der Waals surface area contributed by atoms with Gasteiger partial charge in [-0.1, -0.05) is 23.7 Å². The number of ether oxygens (including phenoxy) is 2. The molecule has 2 aromatic carbocycles. The SMILES string of the molecule is O=C1C=C(c2ccc(C(=O)O)c(Cl)c2)C[C@@H](c2ccc3c(c2)OCO3)C1. The fraction of sp³-hybridized carbons (Fsp3) is 0.200. The maximum atomic E-state index is 12.3. The van der Waals surface area contributed by atoms with E-state index >= 15 is 0 Å². The van der Waals surface area contributed by atoms with E-state index in [2.05, 4.69) is 0 Å². The van der Waals surface area contributed by atoms with Gasteiger partial charge in [-0.05, 0) is 59.4 Å². The average molecular weight is 371 g/mol. The molecule has 0 radical (unpaired) electrons. The van der Waals surface area contributed by atoms with Crippen LogP contribution in [-0.2, 0) is 4.79 Å². The van der Waals surface area contributed by atoms with Crippen LogP contribution in [0, 0.1) is 0 Å². The second kappa shape index (κ2) is 6.50. The number of carboxylic acids is 1. The first-order valence-corrected chi connectivity index (χ1v) is 8.55. The Kier molecular flexibility index (Phi) is 4.17. The molecule has 0 bridgehead atoms. The molecule has 4 rings (SSSR count). The topological polar surface area (TPSA) is 72.8 Å². The van der Waals surface area contributed by atoms with E-state index < -0.39 is 5.97 Å². The highest BCUT2D eigenvalue weighted by atomic mass is 35.5. The van der Waals surface area contributed by atoms with Crippen molar-refractivity contribution < 1.29 is 24.2 Å². The molecule has 0 unspecified atom stereocenters. The van der Waals surface area contributed by atoms with Gasteiger partial charge in [0.2, 0.25) is 6.79 Å². The Morgan fingerprint density at radius 3 is 2.65 bits per heavy atom. The van der Waals surface area contributed by atoms with Crippen molar-refractivity contribution in [1.29, 1.82) is 0 Å². The third-order valence-corrected chi connectivity index (χ3v) is 5.00. The number of rotatable bonds is 3. The van der Waals surface area contributed by atoms with Gasteiger partial charge in [0.15, 0.2) is 17.3 Å². The number of allylic oxidation sites excluding steroid dienone is 2. The number of halogens is 1. The van der Waals surface area contributed by atoms with Crippen LogP contribution in [0.5, 0.6) is 11.5 Å². The average Bonchev–Trinajstić information content (AvgIpc) is 3.08. The van der Waals surface area contributed by atoms with Gasteiger partial charge in [0, 0.05) is 6.42 Å². The summed E-state index contributed by atoms with van der Waals surface area (Å²) in [5, 5.41) is 9.26. The maximum absolute atomic E-state index is 12.3. The maximum Gasteiger partial charge on any atom is 0.337 e. The fourth-order valence-electron chi connectivity index (χ4n) is 3.38. The van der Waals surface area contributed by atoms with Crippen molar-refractivity contribution in [1.82, 2.24) is 0 Å². The Morgan fingerprint density at radius 2 is 1.88 bits per heavy atom. The lowest BCUT2D eigenvalue weighted by Gasteiger charge is -2.23. The van der Waals surface area contributed by atoms with Crippen molar-refractivity contribution in [2.24, 2.45) is 0 Å². The standard InChI is InChI=1S/C20H15ClO5/c21-17-8-11(1-3-16(17)20(23)24)13-5-14(7-15(22)6-13)12-2-4-18-19(9-12)26-10-25-18/h1-4,6,8-9,14H,5,7,10H2,(H,23,24)/t14-/m1/s1. The van der Waals surface area contributed by atoms with Crippen LogP contribution in [0.25, 0.3) is 5.57 Å². The van der Waals surface area contributed by atoms with Gasteiger partial charge in [0.05, 0.1) is 10.6 Å². The molecule has 0 amide bonds. The lowest BCUT2D eigenvalue weighted by atomic mass is 9.81. The zero-order valence-electron chi connectivity index (χ0n) is 13.7. The van der Waals surface area contributed by atoms with Crippen LogP contribution in [0.2, 0.25) is 5.02 Å². The van der Waals surface area contributed by atoms with E-state index in [4.69, 9.17) is 26.2 Å². The molecule has 2 aliphatic rings. The normalized spacial score (nSPS) is 18.6. The van der Waals surface area contributed by atoms with Gasteiger partial charge in [-0.15, -0.1) is 0 Å². The molecule has 6 heteroatoms. The van der Waals surface area contributed by atoms with E-state index in [-0.39, 0.29) is 29.1 Å². The molecule has 26 heavy (non-hydrogen) atoms. The molecule has 1 N–H and O–H groups in total. The molecule has 0 spiro atoms. The van der Waals surface area contributed by atoms with E-state index in [1.807, 2.05) is 18.2 Å². The lowest BCUT2D eigenvalue weighted by Crippen LogP contribution is -2.12. The Balaban J connectivity index is 1.63. The third kappa shape index (κ3) is 3.06. The van der Waals surface area contributed by atoms with Gasteiger partial charge in [-0.25, -0.2) is 4.79 Å². The number of hydrogen-bond acceptors (Lipinski definition) is 4. The Labute approximate surface area is 154 Å². The van der Waals surface area contributed by atoms with E-state index in [9.17, 15) is 9.59 Å². The zero-order chi connectivity index (χ0) is 18.3. The molecule has 2 aromatic rings. The summed E-state index contributed by atoms with van der Waals surface area (Å²) in [7, 11) is 0. The van der Waals surface area contributed by atoms with Gasteiger partial charge in [-0.3, -0.25) is 4.79 Å². The molecule has 0 saturated heterocycles. The summed E-state index contributed by atoms with van der Waals surface area (Å²) in [6.45, 7) is 0.210. The van der Waals surface area contributed by atoms with Crippen LogP contribution in [-0.4, -0.2) is 23.7 Å². The highest BCUT2D eigenvalue weighted by Crippen LogP contribution is 2.41. The van der Waals surface area contributed by atoms with Crippen LogP contribution < -0.4 is 9.47 Å². The summed E-state index contributed by atoms with van der Waals surface area (Å²) in [5.74, 6) is 0.387. The first-order valence-electron chi connectivity index (χ1n) is 8.17. The number of hydrogen-bond donors (Lipinski definition) is 1. The minimum Gasteiger partial charge on any atom is -0.478 e. The number of benzene rings is 2. The highest BCUT2D eigenvalue weighted by molar-refractivity contribution is 6.33. The number of carbonyl (C=O) groups excluding carboxylic acids is 1. The second-order valence-electron chi connectivity index (χ2n) is 6.35. The van der Waals surface area contributed by atoms with Crippen molar-refractivity contribution in [3.8, 4) is 11.5 Å². The molecular weight excluding hydrogens is 356 g/mol. The van der Waals surface area contributed by atoms with E-state index in [1.54, 1.807) is 18.2 Å². The summed E-state index contributed by atoms with van der Waals surface area (Å²) in [5.41, 5.74) is 2.67. The molecule has 1 heterocycles. The van der Waals surface area contributed by atoms with Crippen LogP contribution in [0.3, 0.4) is 0 Å². The van der Waals surface area contributed by atoms with Crippen LogP contribution in [0.15, 0.2) is 42.5 Å². The molecular formula is C20H15ClO5. The molecule has 0 aromatic heterocycles. The Morgan fingerprint density at radius 1 is 1.08 bits per heavy atom. The summed E-state index contributed by atoms with van der Waals surface area (Å²) in [6, 6.07) is 10.5. The van der Waals surface area contributed by atoms with Crippen molar-refractivity contribution >= 4 is 28.9 Å². The van der Waals surface area contributed by atoms with E-state index in [1.165, 1.54) is 6.07 Å². The summed E-state index contributed by atoms with van der Waals surface area (Å²) in [6.07, 6.45) is 2.70. The Bertz CT molecular complexity index is 947. The van der Waals surface area contributed by atoms with Crippen molar-refractivity contribution in [3.63, 3.8) is 0 Å². The second-order valence-corrected chi connectivity index (χ2v) is 6.76. The molecule has 132 valence electrons. The van der Waals surface area contributed by atoms with Crippen molar-refractivity contribution in [3.05, 3.63) is 64.2 Å². The van der Waals surface area contributed by atoms with Crippen LogP contribution >= 0.6 is 11.6 Å². The number of ketones is 1. The largest absolute Gasteiger partial charge is 0.478 e. The predicted octanol–water partition coefficient (Wildman–Crippen LogP) is 4.30. The third-order valence-electron chi connectivity index (χ3n) is 4.69. The zero-order valence-corrected chi connectivity index (χ0v) is 14.5.